The van der Waals surface area contributed by atoms with Gasteiger partial charge in [-0.05, 0) is 103 Å². The summed E-state index contributed by atoms with van der Waals surface area (Å²) < 4.78 is 43.4. The van der Waals surface area contributed by atoms with E-state index >= 15 is 0 Å². The first-order chi connectivity index (χ1) is 17.8. The number of aliphatic hydroxyl groups is 1. The lowest BCUT2D eigenvalue weighted by molar-refractivity contribution is -0.217. The van der Waals surface area contributed by atoms with Gasteiger partial charge in [0.25, 0.3) is 0 Å². The number of fused-ring (bicyclic) bond motifs is 7. The Balaban J connectivity index is 1.58. The van der Waals surface area contributed by atoms with Crippen molar-refractivity contribution in [3.63, 3.8) is 0 Å². The van der Waals surface area contributed by atoms with Crippen LogP contribution in [0.2, 0.25) is 0 Å². The lowest BCUT2D eigenvalue weighted by Gasteiger charge is -2.71. The Bertz CT molecular complexity index is 1170. The van der Waals surface area contributed by atoms with Crippen molar-refractivity contribution in [1.82, 2.24) is 0 Å². The molecule has 39 heavy (non-hydrogen) atoms. The number of carbonyl (C=O) groups excluding carboxylic acids is 1. The predicted octanol–water partition coefficient (Wildman–Crippen LogP) is 6.12. The minimum absolute atomic E-state index is 0.0407. The zero-order chi connectivity index (χ0) is 29.0. The second-order valence-corrected chi connectivity index (χ2v) is 16.9. The molecule has 0 aromatic carbocycles. The molecule has 0 amide bonds. The van der Waals surface area contributed by atoms with Gasteiger partial charge in [-0.1, -0.05) is 60.1 Å². The molecule has 9 unspecified atom stereocenters. The van der Waals surface area contributed by atoms with E-state index in [1.165, 1.54) is 12.7 Å². The van der Waals surface area contributed by atoms with Crippen LogP contribution in [0, 0.1) is 50.2 Å². The number of esters is 1. The molecule has 0 radical (unpaired) electrons. The highest BCUT2D eigenvalue weighted by atomic mass is 32.3. The molecular weight excluding hydrogens is 516 g/mol. The molecule has 0 spiro atoms. The quantitative estimate of drug-likeness (QED) is 0.241. The van der Waals surface area contributed by atoms with Crippen molar-refractivity contribution >= 4 is 16.4 Å². The summed E-state index contributed by atoms with van der Waals surface area (Å²) in [4.78, 5) is 13.4. The third-order valence-corrected chi connectivity index (χ3v) is 13.9. The fourth-order valence-corrected chi connectivity index (χ4v) is 11.8. The Morgan fingerprint density at radius 2 is 1.62 bits per heavy atom. The summed E-state index contributed by atoms with van der Waals surface area (Å²) in [5.41, 5.74) is -0.257. The summed E-state index contributed by atoms with van der Waals surface area (Å²) in [7, 11) is -3.08. The molecule has 9 atom stereocenters. The van der Waals surface area contributed by atoms with Crippen molar-refractivity contribution in [2.45, 2.75) is 118 Å². The minimum Gasteiger partial charge on any atom is -0.468 e. The standard InChI is InChI=1S/C31H50O7S/c1-26(2)15-16-31(25(33)37-8)20(17-26)19-9-10-22-28(5)13-12-24(38-39(34,35)36)27(3,4)21(28)11-14-29(22,6)30(19,7)18-23(31)32/h9,20-24,32H,10-18H2,1-8H3,(H,34,35,36). The van der Waals surface area contributed by atoms with Gasteiger partial charge in [0.15, 0.2) is 0 Å². The van der Waals surface area contributed by atoms with E-state index in [4.69, 9.17) is 8.92 Å². The number of aliphatic hydroxyl groups excluding tert-OH is 1. The largest absolute Gasteiger partial charge is 0.468 e. The van der Waals surface area contributed by atoms with Crippen LogP contribution in [0.15, 0.2) is 11.6 Å². The van der Waals surface area contributed by atoms with Gasteiger partial charge in [0, 0.05) is 0 Å². The van der Waals surface area contributed by atoms with E-state index in [-0.39, 0.29) is 39.5 Å². The van der Waals surface area contributed by atoms with Crippen molar-refractivity contribution in [1.29, 1.82) is 0 Å². The Morgan fingerprint density at radius 3 is 2.23 bits per heavy atom. The summed E-state index contributed by atoms with van der Waals surface area (Å²) in [6.07, 6.45) is 8.28. The van der Waals surface area contributed by atoms with Gasteiger partial charge < -0.3 is 9.84 Å². The smallest absolute Gasteiger partial charge is 0.397 e. The van der Waals surface area contributed by atoms with Gasteiger partial charge in [-0.25, -0.2) is 4.18 Å². The number of rotatable bonds is 3. The lowest BCUT2D eigenvalue weighted by Crippen LogP contribution is -2.67. The fraction of sp³-hybridized carbons (Fsp3) is 0.903. The molecule has 4 fully saturated rings. The van der Waals surface area contributed by atoms with Crippen LogP contribution in [-0.4, -0.2) is 43.4 Å². The van der Waals surface area contributed by atoms with Crippen LogP contribution in [0.1, 0.15) is 106 Å². The first kappa shape index (κ1) is 29.5. The number of methoxy groups -OCH3 is 1. The summed E-state index contributed by atoms with van der Waals surface area (Å²) in [6.45, 7) is 15.9. The van der Waals surface area contributed by atoms with Crippen LogP contribution in [0.5, 0.6) is 0 Å². The highest BCUT2D eigenvalue weighted by Crippen LogP contribution is 2.76. The molecule has 5 aliphatic carbocycles. The van der Waals surface area contributed by atoms with E-state index in [0.717, 1.165) is 38.5 Å². The van der Waals surface area contributed by atoms with Crippen LogP contribution in [-0.2, 0) is 24.1 Å². The molecule has 7 nitrogen and oxygen atoms in total. The zero-order valence-electron chi connectivity index (χ0n) is 25.2. The SMILES string of the molecule is COC(=O)C12CCC(C)(C)CC1C1=CCC3C4(C)CCC(OS(=O)(=O)O)C(C)(C)C4CCC3(C)C1(C)CC2O. The van der Waals surface area contributed by atoms with Crippen LogP contribution in [0.4, 0.5) is 0 Å². The Kier molecular flexibility index (Phi) is 6.65. The molecule has 0 heterocycles. The van der Waals surface area contributed by atoms with Crippen molar-refractivity contribution < 1.29 is 31.8 Å². The van der Waals surface area contributed by atoms with Gasteiger partial charge in [0.05, 0.1) is 19.3 Å². The number of hydrogen-bond donors (Lipinski definition) is 2. The molecule has 222 valence electrons. The summed E-state index contributed by atoms with van der Waals surface area (Å²) in [6, 6.07) is 0. The monoisotopic (exact) mass is 566 g/mol. The van der Waals surface area contributed by atoms with Crippen LogP contribution in [0.25, 0.3) is 0 Å². The molecule has 5 rings (SSSR count). The molecule has 8 heteroatoms. The van der Waals surface area contributed by atoms with Gasteiger partial charge in [-0.15, -0.1) is 0 Å². The van der Waals surface area contributed by atoms with E-state index < -0.39 is 33.4 Å². The Labute approximate surface area is 235 Å². The molecule has 4 saturated carbocycles. The van der Waals surface area contributed by atoms with Crippen LogP contribution in [0.3, 0.4) is 0 Å². The minimum atomic E-state index is -4.53. The van der Waals surface area contributed by atoms with E-state index in [9.17, 15) is 22.9 Å². The highest BCUT2D eigenvalue weighted by molar-refractivity contribution is 7.80. The predicted molar refractivity (Wildman–Crippen MR) is 149 cm³/mol. The Morgan fingerprint density at radius 1 is 0.949 bits per heavy atom. The van der Waals surface area contributed by atoms with Crippen LogP contribution < -0.4 is 0 Å². The van der Waals surface area contributed by atoms with E-state index in [1.54, 1.807) is 0 Å². The van der Waals surface area contributed by atoms with Crippen LogP contribution >= 0.6 is 0 Å². The average Bonchev–Trinajstić information content (AvgIpc) is 2.80. The summed E-state index contributed by atoms with van der Waals surface area (Å²) in [5, 5.41) is 11.9. The van der Waals surface area contributed by atoms with Gasteiger partial charge in [-0.2, -0.15) is 8.42 Å². The number of allylic oxidation sites excluding steroid dienone is 2. The molecule has 2 N–H and O–H groups in total. The molecule has 0 aromatic rings. The van der Waals surface area contributed by atoms with Gasteiger partial charge in [-0.3, -0.25) is 9.35 Å². The van der Waals surface area contributed by atoms with Gasteiger partial charge in [0.2, 0.25) is 0 Å². The number of carbonyl (C=O) groups is 1. The third-order valence-electron chi connectivity index (χ3n) is 13.4. The maximum atomic E-state index is 13.4. The van der Waals surface area contributed by atoms with E-state index in [2.05, 4.69) is 54.5 Å². The highest BCUT2D eigenvalue weighted by Gasteiger charge is 2.71. The second kappa shape index (κ2) is 8.78. The molecule has 0 aliphatic heterocycles. The molecule has 0 bridgehead atoms. The zero-order valence-corrected chi connectivity index (χ0v) is 26.0. The third kappa shape index (κ3) is 3.97. The van der Waals surface area contributed by atoms with E-state index in [0.29, 0.717) is 25.2 Å². The lowest BCUT2D eigenvalue weighted by atomic mass is 9.33. The average molecular weight is 567 g/mol. The molecule has 0 saturated heterocycles. The van der Waals surface area contributed by atoms with Crippen molar-refractivity contribution in [3.05, 3.63) is 11.6 Å². The fourth-order valence-electron chi connectivity index (χ4n) is 11.2. The first-order valence-corrected chi connectivity index (χ1v) is 16.3. The van der Waals surface area contributed by atoms with Crippen molar-refractivity contribution in [2.75, 3.05) is 7.11 Å². The normalized spacial score (nSPS) is 48.5. The molecular formula is C31H50O7S. The van der Waals surface area contributed by atoms with E-state index in [1.807, 2.05) is 0 Å². The first-order valence-electron chi connectivity index (χ1n) is 14.9. The maximum Gasteiger partial charge on any atom is 0.397 e. The number of ether oxygens (including phenoxy) is 1. The van der Waals surface area contributed by atoms with Crippen molar-refractivity contribution in [2.24, 2.45) is 50.2 Å². The topological polar surface area (TPSA) is 110 Å². The van der Waals surface area contributed by atoms with Crippen molar-refractivity contribution in [3.8, 4) is 0 Å². The molecule has 5 aliphatic rings. The van der Waals surface area contributed by atoms with Gasteiger partial charge in [0.1, 0.15) is 5.41 Å². The summed E-state index contributed by atoms with van der Waals surface area (Å²) >= 11 is 0. The summed E-state index contributed by atoms with van der Waals surface area (Å²) in [5.74, 6) is 0.276. The molecule has 0 aromatic heterocycles. The van der Waals surface area contributed by atoms with Gasteiger partial charge >= 0.3 is 16.4 Å². The number of hydrogen-bond acceptors (Lipinski definition) is 6. The Hall–Kier alpha value is -0.960. The maximum absolute atomic E-state index is 13.4. The second-order valence-electron chi connectivity index (χ2n) is 15.8.